The van der Waals surface area contributed by atoms with E-state index in [1.54, 1.807) is 11.8 Å². The summed E-state index contributed by atoms with van der Waals surface area (Å²) < 4.78 is 9.92. The number of non-ortho nitro benzene ring substituents is 1. The van der Waals surface area contributed by atoms with Crippen molar-refractivity contribution in [3.05, 3.63) is 64.2 Å². The Morgan fingerprint density at radius 3 is 2.59 bits per heavy atom. The van der Waals surface area contributed by atoms with Gasteiger partial charge in [0.25, 0.3) is 11.6 Å². The first-order valence-corrected chi connectivity index (χ1v) is 8.94. The molecule has 1 amide bonds. The van der Waals surface area contributed by atoms with Crippen molar-refractivity contribution in [3.63, 3.8) is 0 Å². The third-order valence-electron chi connectivity index (χ3n) is 3.38. The van der Waals surface area contributed by atoms with Gasteiger partial charge in [0.05, 0.1) is 12.0 Å². The summed E-state index contributed by atoms with van der Waals surface area (Å²) in [6, 6.07) is 13.3. The molecule has 2 aromatic carbocycles. The molecule has 0 saturated carbocycles. The third-order valence-corrected chi connectivity index (χ3v) is 4.40. The number of benzene rings is 2. The number of methoxy groups -OCH3 is 1. The zero-order valence-electron chi connectivity index (χ0n) is 14.5. The van der Waals surface area contributed by atoms with Gasteiger partial charge < -0.3 is 14.8 Å². The Balaban J connectivity index is 1.80. The van der Waals surface area contributed by atoms with Gasteiger partial charge in [-0.3, -0.25) is 14.9 Å². The zero-order chi connectivity index (χ0) is 19.6. The van der Waals surface area contributed by atoms with E-state index in [1.165, 1.54) is 19.2 Å². The molecule has 0 unspecified atom stereocenters. The second-order valence-electron chi connectivity index (χ2n) is 5.23. The van der Waals surface area contributed by atoms with Crippen molar-refractivity contribution >= 4 is 29.3 Å². The highest BCUT2D eigenvalue weighted by Gasteiger charge is 2.19. The van der Waals surface area contributed by atoms with E-state index in [-0.39, 0.29) is 17.0 Å². The minimum atomic E-state index is -0.871. The highest BCUT2D eigenvalue weighted by Crippen LogP contribution is 2.24. The molecule has 0 fully saturated rings. The molecule has 8 nitrogen and oxygen atoms in total. The number of nitrogens with zero attached hydrogens (tertiary/aromatic N) is 1. The largest absolute Gasteiger partial charge is 0.496 e. The fourth-order valence-corrected chi connectivity index (χ4v) is 2.89. The van der Waals surface area contributed by atoms with E-state index in [1.807, 2.05) is 30.3 Å². The van der Waals surface area contributed by atoms with Crippen molar-refractivity contribution in [1.29, 1.82) is 0 Å². The van der Waals surface area contributed by atoms with Crippen LogP contribution in [0.1, 0.15) is 10.4 Å². The molecule has 0 atom stereocenters. The van der Waals surface area contributed by atoms with Gasteiger partial charge in [0.1, 0.15) is 11.3 Å². The minimum Gasteiger partial charge on any atom is -0.496 e. The van der Waals surface area contributed by atoms with E-state index < -0.39 is 23.4 Å². The number of ether oxygens (including phenoxy) is 2. The lowest BCUT2D eigenvalue weighted by atomic mass is 10.2. The molecule has 9 heteroatoms. The van der Waals surface area contributed by atoms with Gasteiger partial charge in [-0.05, 0) is 18.2 Å². The van der Waals surface area contributed by atoms with Crippen molar-refractivity contribution in [2.45, 2.75) is 4.90 Å². The second kappa shape index (κ2) is 10.2. The van der Waals surface area contributed by atoms with Crippen LogP contribution in [0.3, 0.4) is 0 Å². The van der Waals surface area contributed by atoms with Crippen molar-refractivity contribution in [1.82, 2.24) is 5.32 Å². The predicted molar refractivity (Wildman–Crippen MR) is 100 cm³/mol. The number of nitro groups is 1. The molecule has 0 heterocycles. The lowest BCUT2D eigenvalue weighted by Crippen LogP contribution is -2.30. The van der Waals surface area contributed by atoms with Crippen LogP contribution in [0, 0.1) is 10.1 Å². The molecule has 0 saturated heterocycles. The number of hydrogen-bond donors (Lipinski definition) is 1. The van der Waals surface area contributed by atoms with Gasteiger partial charge in [0.2, 0.25) is 0 Å². The van der Waals surface area contributed by atoms with Gasteiger partial charge in [0, 0.05) is 29.3 Å². The van der Waals surface area contributed by atoms with Crippen molar-refractivity contribution < 1.29 is 24.0 Å². The Kier molecular flexibility index (Phi) is 7.63. The first-order chi connectivity index (χ1) is 13.0. The third kappa shape index (κ3) is 6.30. The Hall–Kier alpha value is -3.07. The monoisotopic (exact) mass is 390 g/mol. The van der Waals surface area contributed by atoms with Crippen LogP contribution in [0.2, 0.25) is 0 Å². The molecule has 27 heavy (non-hydrogen) atoms. The summed E-state index contributed by atoms with van der Waals surface area (Å²) in [6.07, 6.45) is 0. The number of hydrogen-bond acceptors (Lipinski definition) is 7. The number of carbonyl (C=O) groups is 2. The first kappa shape index (κ1) is 20.2. The van der Waals surface area contributed by atoms with Crippen LogP contribution >= 0.6 is 11.8 Å². The van der Waals surface area contributed by atoms with Gasteiger partial charge in [-0.2, -0.15) is 0 Å². The number of amides is 1. The molecule has 0 radical (unpaired) electrons. The van der Waals surface area contributed by atoms with E-state index in [4.69, 9.17) is 9.47 Å². The number of nitro benzene ring substituents is 1. The Morgan fingerprint density at radius 1 is 1.19 bits per heavy atom. The van der Waals surface area contributed by atoms with Crippen LogP contribution in [0.25, 0.3) is 0 Å². The molecular formula is C18H18N2O6S. The van der Waals surface area contributed by atoms with E-state index in [9.17, 15) is 19.7 Å². The summed E-state index contributed by atoms with van der Waals surface area (Å²) in [6.45, 7) is -0.0727. The standard InChI is InChI=1S/C18H18N2O6S/c1-25-16-8-7-13(20(23)24)11-15(16)18(22)26-12-17(21)19-9-10-27-14-5-3-2-4-6-14/h2-8,11H,9-10,12H2,1H3,(H,19,21). The number of nitrogens with one attached hydrogen (secondary N) is 1. The van der Waals surface area contributed by atoms with Gasteiger partial charge in [-0.15, -0.1) is 11.8 Å². The Bertz CT molecular complexity index is 813. The predicted octanol–water partition coefficient (Wildman–Crippen LogP) is 2.67. The average Bonchev–Trinajstić information content (AvgIpc) is 2.69. The lowest BCUT2D eigenvalue weighted by Gasteiger charge is -2.09. The summed E-state index contributed by atoms with van der Waals surface area (Å²) in [5, 5.41) is 13.5. The van der Waals surface area contributed by atoms with Crippen molar-refractivity contribution in [2.75, 3.05) is 26.0 Å². The Morgan fingerprint density at radius 2 is 1.93 bits per heavy atom. The molecule has 0 aliphatic rings. The highest BCUT2D eigenvalue weighted by atomic mass is 32.2. The molecule has 2 rings (SSSR count). The van der Waals surface area contributed by atoms with Crippen LogP contribution in [-0.4, -0.2) is 42.8 Å². The summed E-state index contributed by atoms with van der Waals surface area (Å²) in [4.78, 5) is 35.2. The van der Waals surface area contributed by atoms with Crippen molar-refractivity contribution in [2.24, 2.45) is 0 Å². The molecule has 0 bridgehead atoms. The second-order valence-corrected chi connectivity index (χ2v) is 6.40. The normalized spacial score (nSPS) is 10.1. The fourth-order valence-electron chi connectivity index (χ4n) is 2.10. The maximum Gasteiger partial charge on any atom is 0.342 e. The van der Waals surface area contributed by atoms with Crippen LogP contribution in [0.4, 0.5) is 5.69 Å². The molecule has 1 N–H and O–H groups in total. The zero-order valence-corrected chi connectivity index (χ0v) is 15.4. The molecule has 0 spiro atoms. The molecule has 2 aromatic rings. The van der Waals surface area contributed by atoms with E-state index in [2.05, 4.69) is 5.32 Å². The molecule has 142 valence electrons. The summed E-state index contributed by atoms with van der Waals surface area (Å²) in [5.74, 6) is -0.529. The van der Waals surface area contributed by atoms with Crippen molar-refractivity contribution in [3.8, 4) is 5.75 Å². The quantitative estimate of drug-likeness (QED) is 0.231. The minimum absolute atomic E-state index is 0.112. The van der Waals surface area contributed by atoms with Crippen LogP contribution in [-0.2, 0) is 9.53 Å². The van der Waals surface area contributed by atoms with Crippen LogP contribution in [0.15, 0.2) is 53.4 Å². The van der Waals surface area contributed by atoms with E-state index in [0.717, 1.165) is 11.0 Å². The van der Waals surface area contributed by atoms with E-state index >= 15 is 0 Å². The van der Waals surface area contributed by atoms with Gasteiger partial charge in [-0.1, -0.05) is 18.2 Å². The maximum absolute atomic E-state index is 12.1. The first-order valence-electron chi connectivity index (χ1n) is 7.95. The summed E-state index contributed by atoms with van der Waals surface area (Å²) in [5.41, 5.74) is -0.385. The molecular weight excluding hydrogens is 372 g/mol. The number of carbonyl (C=O) groups excluding carboxylic acids is 2. The van der Waals surface area contributed by atoms with Crippen LogP contribution < -0.4 is 10.1 Å². The molecule has 0 aliphatic carbocycles. The highest BCUT2D eigenvalue weighted by molar-refractivity contribution is 7.99. The average molecular weight is 390 g/mol. The van der Waals surface area contributed by atoms with Gasteiger partial charge >= 0.3 is 5.97 Å². The van der Waals surface area contributed by atoms with Gasteiger partial charge in [0.15, 0.2) is 6.61 Å². The molecule has 0 aromatic heterocycles. The van der Waals surface area contributed by atoms with Crippen LogP contribution in [0.5, 0.6) is 5.75 Å². The lowest BCUT2D eigenvalue weighted by molar-refractivity contribution is -0.384. The fraction of sp³-hybridized carbons (Fsp3) is 0.222. The number of rotatable bonds is 9. The topological polar surface area (TPSA) is 108 Å². The Labute approximate surface area is 160 Å². The SMILES string of the molecule is COc1ccc([N+](=O)[O-])cc1C(=O)OCC(=O)NCCSc1ccccc1. The summed E-state index contributed by atoms with van der Waals surface area (Å²) >= 11 is 1.59. The molecule has 0 aliphatic heterocycles. The van der Waals surface area contributed by atoms with Gasteiger partial charge in [-0.25, -0.2) is 4.79 Å². The number of thioether (sulfide) groups is 1. The summed E-state index contributed by atoms with van der Waals surface area (Å²) in [7, 11) is 1.33. The number of esters is 1. The smallest absolute Gasteiger partial charge is 0.342 e. The maximum atomic E-state index is 12.1. The van der Waals surface area contributed by atoms with E-state index in [0.29, 0.717) is 12.3 Å².